The molecule has 0 fully saturated rings. The summed E-state index contributed by atoms with van der Waals surface area (Å²) < 4.78 is 33.0. The molecule has 7 heteroatoms. The third kappa shape index (κ3) is 4.07. The van der Waals surface area contributed by atoms with E-state index in [0.29, 0.717) is 16.9 Å². The van der Waals surface area contributed by atoms with Crippen molar-refractivity contribution in [2.24, 2.45) is 0 Å². The first-order valence-electron chi connectivity index (χ1n) is 7.79. The second-order valence-electron chi connectivity index (χ2n) is 5.53. The second kappa shape index (κ2) is 7.37. The van der Waals surface area contributed by atoms with Crippen molar-refractivity contribution in [3.05, 3.63) is 79.0 Å². The van der Waals surface area contributed by atoms with E-state index < -0.39 is 10.0 Å². The van der Waals surface area contributed by atoms with Crippen LogP contribution < -0.4 is 9.46 Å². The fourth-order valence-corrected chi connectivity index (χ4v) is 3.14. The fourth-order valence-electron chi connectivity index (χ4n) is 2.16. The highest BCUT2D eigenvalue weighted by molar-refractivity contribution is 7.92. The number of hydrogen-bond donors (Lipinski definition) is 1. The lowest BCUT2D eigenvalue weighted by molar-refractivity contribution is 0.461. The molecule has 1 heterocycles. The van der Waals surface area contributed by atoms with Gasteiger partial charge in [-0.25, -0.2) is 18.1 Å². The Morgan fingerprint density at radius 3 is 2.27 bits per heavy atom. The van der Waals surface area contributed by atoms with E-state index in [0.717, 1.165) is 0 Å². The van der Waals surface area contributed by atoms with Gasteiger partial charge in [0.15, 0.2) is 0 Å². The number of sulfonamides is 1. The zero-order valence-corrected chi connectivity index (χ0v) is 14.9. The highest BCUT2D eigenvalue weighted by Gasteiger charge is 2.17. The molecule has 2 aromatic carbocycles. The summed E-state index contributed by atoms with van der Waals surface area (Å²) in [6.07, 6.45) is 1.48. The lowest BCUT2D eigenvalue weighted by Crippen LogP contribution is -2.15. The first-order valence-corrected chi connectivity index (χ1v) is 9.28. The maximum Gasteiger partial charge on any atom is 0.264 e. The van der Waals surface area contributed by atoms with Gasteiger partial charge in [0.05, 0.1) is 10.5 Å². The van der Waals surface area contributed by atoms with Crippen molar-refractivity contribution in [3.8, 4) is 11.6 Å². The third-order valence-corrected chi connectivity index (χ3v) is 4.79. The molecule has 0 aliphatic carbocycles. The Kier molecular flexibility index (Phi) is 4.99. The van der Waals surface area contributed by atoms with Crippen molar-refractivity contribution < 1.29 is 13.2 Å². The molecular weight excluding hydrogens is 350 g/mol. The van der Waals surface area contributed by atoms with Crippen LogP contribution in [0.25, 0.3) is 5.57 Å². The minimum Gasteiger partial charge on any atom is -0.438 e. The molecule has 6 nitrogen and oxygen atoms in total. The molecule has 0 bridgehead atoms. The Morgan fingerprint density at radius 1 is 1.04 bits per heavy atom. The molecule has 0 spiro atoms. The van der Waals surface area contributed by atoms with Gasteiger partial charge in [0.1, 0.15) is 5.75 Å². The van der Waals surface area contributed by atoms with Gasteiger partial charge in [0.2, 0.25) is 11.8 Å². The van der Waals surface area contributed by atoms with E-state index in [-0.39, 0.29) is 16.7 Å². The molecule has 1 N–H and O–H groups in total. The summed E-state index contributed by atoms with van der Waals surface area (Å²) in [5.74, 6) is 0.722. The first kappa shape index (κ1) is 17.6. The zero-order chi connectivity index (χ0) is 18.6. The number of rotatable bonds is 6. The van der Waals surface area contributed by atoms with E-state index in [1.807, 2.05) is 18.2 Å². The molecule has 132 valence electrons. The number of allylic oxidation sites excluding steroid dienone is 1. The van der Waals surface area contributed by atoms with Crippen LogP contribution in [-0.4, -0.2) is 18.4 Å². The number of aromatic nitrogens is 2. The fraction of sp³-hybridized carbons (Fsp3) is 0.0526. The van der Waals surface area contributed by atoms with E-state index >= 15 is 0 Å². The smallest absolute Gasteiger partial charge is 0.264 e. The Hall–Kier alpha value is -3.19. The molecule has 1 aromatic heterocycles. The van der Waals surface area contributed by atoms with Crippen molar-refractivity contribution in [2.75, 3.05) is 4.72 Å². The highest BCUT2D eigenvalue weighted by atomic mass is 32.2. The Bertz CT molecular complexity index is 1020. The van der Waals surface area contributed by atoms with Gasteiger partial charge in [-0.2, -0.15) is 4.98 Å². The lowest BCUT2D eigenvalue weighted by Gasteiger charge is -2.12. The molecule has 0 saturated heterocycles. The van der Waals surface area contributed by atoms with E-state index in [9.17, 15) is 8.42 Å². The zero-order valence-electron chi connectivity index (χ0n) is 14.1. The topological polar surface area (TPSA) is 81.2 Å². The van der Waals surface area contributed by atoms with Gasteiger partial charge in [-0.3, -0.25) is 0 Å². The molecule has 0 saturated carbocycles. The molecule has 0 atom stereocenters. The van der Waals surface area contributed by atoms with Crippen LogP contribution in [0.3, 0.4) is 0 Å². The van der Waals surface area contributed by atoms with Gasteiger partial charge in [-0.15, -0.1) is 0 Å². The number of nitrogens with one attached hydrogen (secondary N) is 1. The Balaban J connectivity index is 1.94. The number of nitrogens with zero attached hydrogens (tertiary/aromatic N) is 2. The molecule has 0 unspecified atom stereocenters. The Morgan fingerprint density at radius 2 is 1.65 bits per heavy atom. The van der Waals surface area contributed by atoms with Crippen LogP contribution in [0, 0.1) is 0 Å². The summed E-state index contributed by atoms with van der Waals surface area (Å²) in [6, 6.07) is 17.1. The van der Waals surface area contributed by atoms with Crippen LogP contribution in [0.4, 0.5) is 5.95 Å². The third-order valence-electron chi connectivity index (χ3n) is 3.45. The van der Waals surface area contributed by atoms with Crippen molar-refractivity contribution in [1.82, 2.24) is 9.97 Å². The summed E-state index contributed by atoms with van der Waals surface area (Å²) in [6.45, 7) is 5.68. The maximum absolute atomic E-state index is 12.4. The van der Waals surface area contributed by atoms with E-state index in [4.69, 9.17) is 4.74 Å². The van der Waals surface area contributed by atoms with Gasteiger partial charge in [0.25, 0.3) is 10.0 Å². The van der Waals surface area contributed by atoms with E-state index in [2.05, 4.69) is 21.3 Å². The average molecular weight is 367 g/mol. The standard InChI is InChI=1S/C19H17N3O3S/c1-14(2)17-13-20-19(21-18(17)25-15-9-5-3-6-10-15)22-26(23,24)16-11-7-4-8-12-16/h3-13H,1H2,2H3,(H,20,21,22). The second-order valence-corrected chi connectivity index (χ2v) is 7.21. The van der Waals surface area contributed by atoms with Crippen LogP contribution in [0.15, 0.2) is 78.3 Å². The molecule has 0 aliphatic rings. The van der Waals surface area contributed by atoms with Gasteiger partial charge < -0.3 is 4.74 Å². The van der Waals surface area contributed by atoms with E-state index in [1.165, 1.54) is 18.3 Å². The molecule has 0 amide bonds. The normalized spacial score (nSPS) is 11.0. The summed E-state index contributed by atoms with van der Waals surface area (Å²) >= 11 is 0. The molecule has 3 aromatic rings. The number of benzene rings is 2. The molecule has 3 rings (SSSR count). The van der Waals surface area contributed by atoms with Crippen LogP contribution >= 0.6 is 0 Å². The predicted molar refractivity (Wildman–Crippen MR) is 101 cm³/mol. The minimum atomic E-state index is -3.79. The van der Waals surface area contributed by atoms with Crippen molar-refractivity contribution in [3.63, 3.8) is 0 Å². The molecule has 0 aliphatic heterocycles. The molecule has 26 heavy (non-hydrogen) atoms. The Labute approximate surface area is 152 Å². The molecule has 0 radical (unpaired) electrons. The van der Waals surface area contributed by atoms with Crippen molar-refractivity contribution >= 4 is 21.5 Å². The average Bonchev–Trinajstić information content (AvgIpc) is 2.63. The maximum atomic E-state index is 12.4. The first-order chi connectivity index (χ1) is 12.5. The highest BCUT2D eigenvalue weighted by Crippen LogP contribution is 2.28. The summed E-state index contributed by atoms with van der Waals surface area (Å²) in [7, 11) is -3.79. The number of anilines is 1. The van der Waals surface area contributed by atoms with Crippen LogP contribution in [-0.2, 0) is 10.0 Å². The van der Waals surface area contributed by atoms with Gasteiger partial charge in [-0.05, 0) is 36.8 Å². The lowest BCUT2D eigenvalue weighted by atomic mass is 10.2. The number of ether oxygens (including phenoxy) is 1. The van der Waals surface area contributed by atoms with Crippen LogP contribution in [0.2, 0.25) is 0 Å². The summed E-state index contributed by atoms with van der Waals surface area (Å²) in [4.78, 5) is 8.41. The molecular formula is C19H17N3O3S. The van der Waals surface area contributed by atoms with Gasteiger partial charge >= 0.3 is 0 Å². The summed E-state index contributed by atoms with van der Waals surface area (Å²) in [5, 5.41) is 0. The largest absolute Gasteiger partial charge is 0.438 e. The number of hydrogen-bond acceptors (Lipinski definition) is 5. The van der Waals surface area contributed by atoms with Crippen LogP contribution in [0.1, 0.15) is 12.5 Å². The predicted octanol–water partition coefficient (Wildman–Crippen LogP) is 4.10. The monoisotopic (exact) mass is 367 g/mol. The minimum absolute atomic E-state index is 0.0789. The quantitative estimate of drug-likeness (QED) is 0.709. The summed E-state index contributed by atoms with van der Waals surface area (Å²) in [5.41, 5.74) is 1.30. The van der Waals surface area contributed by atoms with E-state index in [1.54, 1.807) is 37.3 Å². The van der Waals surface area contributed by atoms with Gasteiger partial charge in [0, 0.05) is 6.20 Å². The van der Waals surface area contributed by atoms with Gasteiger partial charge in [-0.1, -0.05) is 43.0 Å². The van der Waals surface area contributed by atoms with Crippen LogP contribution in [0.5, 0.6) is 11.6 Å². The SMILES string of the molecule is C=C(C)c1cnc(NS(=O)(=O)c2ccccc2)nc1Oc1ccccc1. The number of para-hydroxylation sites is 1. The van der Waals surface area contributed by atoms with Crippen molar-refractivity contribution in [1.29, 1.82) is 0 Å². The van der Waals surface area contributed by atoms with Crippen molar-refractivity contribution in [2.45, 2.75) is 11.8 Å².